The quantitative estimate of drug-likeness (QED) is 0.549. The molecular formula is C24H23N3O. The number of aromatic nitrogens is 2. The van der Waals surface area contributed by atoms with E-state index in [0.717, 1.165) is 29.9 Å². The molecule has 140 valence electrons. The summed E-state index contributed by atoms with van der Waals surface area (Å²) >= 11 is 0. The maximum Gasteiger partial charge on any atom is 0.120 e. The summed E-state index contributed by atoms with van der Waals surface area (Å²) in [6.45, 7) is 3.64. The van der Waals surface area contributed by atoms with Gasteiger partial charge in [0, 0.05) is 29.3 Å². The van der Waals surface area contributed by atoms with Gasteiger partial charge < -0.3 is 15.0 Å². The van der Waals surface area contributed by atoms with Gasteiger partial charge in [0.05, 0.1) is 11.7 Å². The second kappa shape index (κ2) is 7.13. The molecule has 1 aliphatic rings. The van der Waals surface area contributed by atoms with Gasteiger partial charge in [-0.05, 0) is 54.3 Å². The summed E-state index contributed by atoms with van der Waals surface area (Å²) in [5.74, 6) is 0.905. The molecule has 0 amide bonds. The lowest BCUT2D eigenvalue weighted by Crippen LogP contribution is -2.31. The molecule has 2 aromatic heterocycles. The zero-order chi connectivity index (χ0) is 18.9. The number of aryl methyl sites for hydroxylation is 1. The van der Waals surface area contributed by atoms with Crippen LogP contribution < -0.4 is 10.1 Å². The van der Waals surface area contributed by atoms with E-state index in [1.807, 2.05) is 36.5 Å². The normalized spacial score (nSPS) is 16.1. The van der Waals surface area contributed by atoms with Crippen LogP contribution in [0.3, 0.4) is 0 Å². The van der Waals surface area contributed by atoms with Gasteiger partial charge >= 0.3 is 0 Å². The zero-order valence-corrected chi connectivity index (χ0v) is 15.9. The molecule has 5 rings (SSSR count). The van der Waals surface area contributed by atoms with Gasteiger partial charge in [-0.15, -0.1) is 0 Å². The van der Waals surface area contributed by atoms with Gasteiger partial charge in [-0.3, -0.25) is 4.98 Å². The van der Waals surface area contributed by atoms with Crippen LogP contribution in [-0.4, -0.2) is 16.5 Å². The van der Waals surface area contributed by atoms with Crippen LogP contribution in [0.4, 0.5) is 0 Å². The molecule has 0 fully saturated rings. The molecule has 4 heteroatoms. The van der Waals surface area contributed by atoms with Gasteiger partial charge in [-0.2, -0.15) is 0 Å². The molecule has 28 heavy (non-hydrogen) atoms. The number of H-pyrrole nitrogens is 1. The van der Waals surface area contributed by atoms with Gasteiger partial charge in [-0.1, -0.05) is 36.4 Å². The molecule has 0 saturated carbocycles. The van der Waals surface area contributed by atoms with Gasteiger partial charge in [0.1, 0.15) is 12.4 Å². The van der Waals surface area contributed by atoms with Crippen LogP contribution in [0.25, 0.3) is 10.9 Å². The first-order valence-electron chi connectivity index (χ1n) is 9.76. The van der Waals surface area contributed by atoms with E-state index in [9.17, 15) is 0 Å². The first-order valence-corrected chi connectivity index (χ1v) is 9.76. The van der Waals surface area contributed by atoms with Crippen molar-refractivity contribution < 1.29 is 4.74 Å². The Hall–Kier alpha value is -3.11. The van der Waals surface area contributed by atoms with Crippen molar-refractivity contribution in [3.8, 4) is 5.75 Å². The Labute approximate surface area is 164 Å². The SMILES string of the molecule is Cc1cccnc1C1NCCc2c1[nH]c1ccc(OCc3ccccc3)cc21. The molecular weight excluding hydrogens is 346 g/mol. The Kier molecular flexibility index (Phi) is 4.34. The number of aromatic amines is 1. The first-order chi connectivity index (χ1) is 13.8. The predicted octanol–water partition coefficient (Wildman–Crippen LogP) is 4.69. The zero-order valence-electron chi connectivity index (χ0n) is 15.9. The van der Waals surface area contributed by atoms with Gasteiger partial charge in [0.15, 0.2) is 0 Å². The highest BCUT2D eigenvalue weighted by Crippen LogP contribution is 2.35. The van der Waals surface area contributed by atoms with E-state index in [1.54, 1.807) is 0 Å². The number of benzene rings is 2. The van der Waals surface area contributed by atoms with Crippen LogP contribution >= 0.6 is 0 Å². The van der Waals surface area contributed by atoms with Crippen molar-refractivity contribution in [2.24, 2.45) is 0 Å². The fourth-order valence-electron chi connectivity index (χ4n) is 4.07. The number of pyridine rings is 1. The molecule has 0 bridgehead atoms. The number of ether oxygens (including phenoxy) is 1. The summed E-state index contributed by atoms with van der Waals surface area (Å²) in [4.78, 5) is 8.28. The molecule has 1 atom stereocenters. The number of hydrogen-bond acceptors (Lipinski definition) is 3. The van der Waals surface area contributed by atoms with E-state index in [1.165, 1.54) is 27.8 Å². The summed E-state index contributed by atoms with van der Waals surface area (Å²) in [7, 11) is 0. The second-order valence-corrected chi connectivity index (χ2v) is 7.34. The summed E-state index contributed by atoms with van der Waals surface area (Å²) in [6.07, 6.45) is 2.87. The molecule has 4 aromatic rings. The first kappa shape index (κ1) is 17.0. The van der Waals surface area contributed by atoms with Crippen molar-refractivity contribution in [2.45, 2.75) is 26.0 Å². The van der Waals surface area contributed by atoms with Crippen LogP contribution in [-0.2, 0) is 13.0 Å². The maximum absolute atomic E-state index is 6.05. The van der Waals surface area contributed by atoms with Gasteiger partial charge in [0.2, 0.25) is 0 Å². The van der Waals surface area contributed by atoms with Crippen molar-refractivity contribution in [2.75, 3.05) is 6.54 Å². The third-order valence-electron chi connectivity index (χ3n) is 5.49. The minimum absolute atomic E-state index is 0.103. The second-order valence-electron chi connectivity index (χ2n) is 7.34. The monoisotopic (exact) mass is 369 g/mol. The Bertz CT molecular complexity index is 1120. The molecule has 2 N–H and O–H groups in total. The van der Waals surface area contributed by atoms with E-state index >= 15 is 0 Å². The number of hydrogen-bond donors (Lipinski definition) is 2. The summed E-state index contributed by atoms with van der Waals surface area (Å²) in [5, 5.41) is 4.88. The van der Waals surface area contributed by atoms with Crippen LogP contribution in [0, 0.1) is 6.92 Å². The van der Waals surface area contributed by atoms with Gasteiger partial charge in [-0.25, -0.2) is 0 Å². The molecule has 0 aliphatic carbocycles. The Morgan fingerprint density at radius 3 is 2.82 bits per heavy atom. The fourth-order valence-corrected chi connectivity index (χ4v) is 4.07. The highest BCUT2D eigenvalue weighted by atomic mass is 16.5. The van der Waals surface area contributed by atoms with Crippen LogP contribution in [0.1, 0.15) is 34.1 Å². The van der Waals surface area contributed by atoms with Crippen molar-refractivity contribution >= 4 is 10.9 Å². The van der Waals surface area contributed by atoms with Crippen LogP contribution in [0.15, 0.2) is 66.9 Å². The van der Waals surface area contributed by atoms with Crippen molar-refractivity contribution in [1.29, 1.82) is 0 Å². The largest absolute Gasteiger partial charge is 0.489 e. The van der Waals surface area contributed by atoms with E-state index in [4.69, 9.17) is 4.74 Å². The molecule has 3 heterocycles. The van der Waals surface area contributed by atoms with Crippen molar-refractivity contribution in [3.63, 3.8) is 0 Å². The molecule has 0 spiro atoms. The summed E-state index contributed by atoms with van der Waals surface area (Å²) in [6, 6.07) is 20.8. The Morgan fingerprint density at radius 1 is 1.07 bits per heavy atom. The molecule has 0 radical (unpaired) electrons. The molecule has 1 aliphatic heterocycles. The molecule has 2 aromatic carbocycles. The average molecular weight is 369 g/mol. The third-order valence-corrected chi connectivity index (χ3v) is 5.49. The van der Waals surface area contributed by atoms with E-state index < -0.39 is 0 Å². The molecule has 4 nitrogen and oxygen atoms in total. The minimum atomic E-state index is 0.103. The van der Waals surface area contributed by atoms with Crippen molar-refractivity contribution in [3.05, 3.63) is 94.9 Å². The lowest BCUT2D eigenvalue weighted by molar-refractivity contribution is 0.306. The van der Waals surface area contributed by atoms with E-state index in [0.29, 0.717) is 6.61 Å². The number of nitrogens with one attached hydrogen (secondary N) is 2. The topological polar surface area (TPSA) is 49.9 Å². The van der Waals surface area contributed by atoms with Crippen LogP contribution in [0.5, 0.6) is 5.75 Å². The third kappa shape index (κ3) is 3.06. The maximum atomic E-state index is 6.05. The summed E-state index contributed by atoms with van der Waals surface area (Å²) < 4.78 is 6.05. The summed E-state index contributed by atoms with van der Waals surface area (Å²) in [5.41, 5.74) is 7.22. The predicted molar refractivity (Wildman–Crippen MR) is 112 cm³/mol. The number of rotatable bonds is 4. The average Bonchev–Trinajstić information content (AvgIpc) is 3.12. The fraction of sp³-hybridized carbons (Fsp3) is 0.208. The minimum Gasteiger partial charge on any atom is -0.489 e. The standard InChI is InChI=1S/C24H23N3O/c1-16-6-5-12-25-22(16)24-23-19(11-13-26-24)20-14-18(9-10-21(20)27-23)28-15-17-7-3-2-4-8-17/h2-10,12,14,24,26-27H,11,13,15H2,1H3. The lowest BCUT2D eigenvalue weighted by atomic mass is 9.95. The van der Waals surface area contributed by atoms with E-state index in [-0.39, 0.29) is 6.04 Å². The molecule has 1 unspecified atom stereocenters. The Balaban J connectivity index is 1.49. The highest BCUT2D eigenvalue weighted by molar-refractivity contribution is 5.86. The highest BCUT2D eigenvalue weighted by Gasteiger charge is 2.27. The van der Waals surface area contributed by atoms with E-state index in [2.05, 4.69) is 52.5 Å². The Morgan fingerprint density at radius 2 is 1.96 bits per heavy atom. The molecule has 0 saturated heterocycles. The lowest BCUT2D eigenvalue weighted by Gasteiger charge is -2.25. The van der Waals surface area contributed by atoms with Crippen molar-refractivity contribution in [1.82, 2.24) is 15.3 Å². The van der Waals surface area contributed by atoms with Gasteiger partial charge in [0.25, 0.3) is 0 Å². The number of fused-ring (bicyclic) bond motifs is 3. The smallest absolute Gasteiger partial charge is 0.120 e. The number of nitrogens with zero attached hydrogens (tertiary/aromatic N) is 1. The van der Waals surface area contributed by atoms with Crippen LogP contribution in [0.2, 0.25) is 0 Å².